The smallest absolute Gasteiger partial charge is 0.0396 e. The minimum Gasteiger partial charge on any atom is -0.0680 e. The topological polar surface area (TPSA) is 0 Å². The van der Waals surface area contributed by atoms with E-state index >= 15 is 0 Å². The normalized spacial score (nSPS) is 33.0. The van der Waals surface area contributed by atoms with Crippen LogP contribution in [0.5, 0.6) is 0 Å². The standard InChI is InChI=1S/C9H20Si/c1-3-6-9-7-5-8-10(9)4-2/h9-10H,3-8H2,1-2H3. The second-order valence-corrected chi connectivity index (χ2v) is 7.50. The van der Waals surface area contributed by atoms with E-state index in [9.17, 15) is 0 Å². The highest BCUT2D eigenvalue weighted by Crippen LogP contribution is 2.35. The molecule has 1 aliphatic rings. The molecule has 2 atom stereocenters. The van der Waals surface area contributed by atoms with Crippen molar-refractivity contribution in [2.75, 3.05) is 0 Å². The lowest BCUT2D eigenvalue weighted by Gasteiger charge is -2.14. The van der Waals surface area contributed by atoms with Crippen LogP contribution in [0.1, 0.15) is 39.5 Å². The van der Waals surface area contributed by atoms with Crippen LogP contribution in [0, 0.1) is 0 Å². The van der Waals surface area contributed by atoms with Crippen molar-refractivity contribution in [1.82, 2.24) is 0 Å². The van der Waals surface area contributed by atoms with Gasteiger partial charge in [0.25, 0.3) is 0 Å². The van der Waals surface area contributed by atoms with E-state index in [4.69, 9.17) is 0 Å². The van der Waals surface area contributed by atoms with Crippen LogP contribution in [0.15, 0.2) is 0 Å². The van der Waals surface area contributed by atoms with Crippen LogP contribution in [-0.4, -0.2) is 8.80 Å². The molecule has 2 unspecified atom stereocenters. The maximum Gasteiger partial charge on any atom is 0.0396 e. The highest BCUT2D eigenvalue weighted by atomic mass is 28.3. The van der Waals surface area contributed by atoms with Gasteiger partial charge in [-0.2, -0.15) is 0 Å². The summed E-state index contributed by atoms with van der Waals surface area (Å²) in [6, 6.07) is 3.21. The van der Waals surface area contributed by atoms with E-state index in [-0.39, 0.29) is 8.80 Å². The molecular weight excluding hydrogens is 136 g/mol. The van der Waals surface area contributed by atoms with Gasteiger partial charge in [0.2, 0.25) is 0 Å². The Kier molecular flexibility index (Phi) is 3.47. The minimum atomic E-state index is -0.193. The van der Waals surface area contributed by atoms with Gasteiger partial charge in [0.05, 0.1) is 0 Å². The van der Waals surface area contributed by atoms with Gasteiger partial charge in [0.1, 0.15) is 0 Å². The Labute approximate surface area is 66.6 Å². The molecule has 1 saturated heterocycles. The van der Waals surface area contributed by atoms with Crippen molar-refractivity contribution in [3.8, 4) is 0 Å². The van der Waals surface area contributed by atoms with Crippen LogP contribution in [0.4, 0.5) is 0 Å². The van der Waals surface area contributed by atoms with Crippen LogP contribution >= 0.6 is 0 Å². The summed E-state index contributed by atoms with van der Waals surface area (Å²) in [6.45, 7) is 4.74. The summed E-state index contributed by atoms with van der Waals surface area (Å²) < 4.78 is 0. The number of hydrogen-bond acceptors (Lipinski definition) is 0. The van der Waals surface area contributed by atoms with Crippen LogP contribution in [0.3, 0.4) is 0 Å². The summed E-state index contributed by atoms with van der Waals surface area (Å²) in [6.07, 6.45) is 6.12. The summed E-state index contributed by atoms with van der Waals surface area (Å²) in [7, 11) is -0.193. The Bertz CT molecular complexity index is 90.7. The molecule has 60 valence electrons. The molecule has 0 spiro atoms. The molecule has 10 heavy (non-hydrogen) atoms. The van der Waals surface area contributed by atoms with Crippen molar-refractivity contribution in [3.05, 3.63) is 0 Å². The van der Waals surface area contributed by atoms with Crippen molar-refractivity contribution in [2.45, 2.75) is 57.2 Å². The summed E-state index contributed by atoms with van der Waals surface area (Å²) in [5.74, 6) is 0. The average Bonchev–Trinajstić information content (AvgIpc) is 2.36. The highest BCUT2D eigenvalue weighted by molar-refractivity contribution is 6.61. The molecule has 0 saturated carbocycles. The van der Waals surface area contributed by atoms with Gasteiger partial charge in [-0.1, -0.05) is 51.6 Å². The van der Waals surface area contributed by atoms with E-state index in [0.29, 0.717) is 0 Å². The third-order valence-electron chi connectivity index (χ3n) is 3.00. The zero-order chi connectivity index (χ0) is 7.40. The van der Waals surface area contributed by atoms with E-state index in [1.54, 1.807) is 31.4 Å². The van der Waals surface area contributed by atoms with Gasteiger partial charge < -0.3 is 0 Å². The molecule has 0 nitrogen and oxygen atoms in total. The first-order valence-electron chi connectivity index (χ1n) is 4.88. The molecule has 0 aromatic rings. The van der Waals surface area contributed by atoms with E-state index in [1.165, 1.54) is 12.0 Å². The fourth-order valence-electron chi connectivity index (χ4n) is 2.40. The molecule has 0 bridgehead atoms. The third-order valence-corrected chi connectivity index (χ3v) is 7.20. The van der Waals surface area contributed by atoms with Gasteiger partial charge in [-0.15, -0.1) is 0 Å². The zero-order valence-electron chi connectivity index (χ0n) is 7.40. The average molecular weight is 156 g/mol. The molecule has 0 amide bonds. The van der Waals surface area contributed by atoms with Crippen molar-refractivity contribution in [2.24, 2.45) is 0 Å². The highest BCUT2D eigenvalue weighted by Gasteiger charge is 2.25. The minimum absolute atomic E-state index is 0.193. The van der Waals surface area contributed by atoms with Gasteiger partial charge in [-0.05, 0) is 5.54 Å². The van der Waals surface area contributed by atoms with Crippen molar-refractivity contribution in [1.29, 1.82) is 0 Å². The van der Waals surface area contributed by atoms with Crippen LogP contribution in [0.2, 0.25) is 17.6 Å². The fraction of sp³-hybridized carbons (Fsp3) is 1.00. The molecule has 1 heterocycles. The van der Waals surface area contributed by atoms with Gasteiger partial charge in [0.15, 0.2) is 0 Å². The Morgan fingerprint density at radius 3 is 2.80 bits per heavy atom. The van der Waals surface area contributed by atoms with Crippen LogP contribution in [-0.2, 0) is 0 Å². The van der Waals surface area contributed by atoms with Crippen LogP contribution in [0.25, 0.3) is 0 Å². The molecule has 0 aromatic heterocycles. The molecule has 1 fully saturated rings. The van der Waals surface area contributed by atoms with E-state index < -0.39 is 0 Å². The first kappa shape index (κ1) is 8.31. The maximum atomic E-state index is 2.41. The molecule has 0 aromatic carbocycles. The summed E-state index contributed by atoms with van der Waals surface area (Å²) in [5, 5.41) is 0. The Morgan fingerprint density at radius 1 is 1.40 bits per heavy atom. The molecular formula is C9H20Si. The van der Waals surface area contributed by atoms with Gasteiger partial charge in [-0.3, -0.25) is 0 Å². The second-order valence-electron chi connectivity index (χ2n) is 3.65. The van der Waals surface area contributed by atoms with Gasteiger partial charge >= 0.3 is 0 Å². The van der Waals surface area contributed by atoms with Crippen molar-refractivity contribution < 1.29 is 0 Å². The predicted molar refractivity (Wildman–Crippen MR) is 50.3 cm³/mol. The zero-order valence-corrected chi connectivity index (χ0v) is 8.55. The lowest BCUT2D eigenvalue weighted by molar-refractivity contribution is 0.680. The molecule has 1 aliphatic heterocycles. The molecule has 0 N–H and O–H groups in total. The Hall–Kier alpha value is 0.217. The van der Waals surface area contributed by atoms with E-state index in [1.807, 2.05) is 0 Å². The summed E-state index contributed by atoms with van der Waals surface area (Å²) in [5.41, 5.74) is 1.23. The largest absolute Gasteiger partial charge is 0.0680 e. The Balaban J connectivity index is 2.27. The third kappa shape index (κ3) is 1.85. The predicted octanol–water partition coefficient (Wildman–Crippen LogP) is 3.20. The molecule has 0 aliphatic carbocycles. The van der Waals surface area contributed by atoms with E-state index in [2.05, 4.69) is 13.8 Å². The SMILES string of the molecule is CCCC1CCC[SiH]1CC. The maximum absolute atomic E-state index is 2.41. The monoisotopic (exact) mass is 156 g/mol. The molecule has 1 rings (SSSR count). The summed E-state index contributed by atoms with van der Waals surface area (Å²) in [4.78, 5) is 0. The second kappa shape index (κ2) is 4.17. The van der Waals surface area contributed by atoms with Crippen molar-refractivity contribution >= 4 is 8.80 Å². The van der Waals surface area contributed by atoms with E-state index in [0.717, 1.165) is 0 Å². The Morgan fingerprint density at radius 2 is 2.20 bits per heavy atom. The number of rotatable bonds is 3. The van der Waals surface area contributed by atoms with Gasteiger partial charge in [0, 0.05) is 8.80 Å². The van der Waals surface area contributed by atoms with Gasteiger partial charge in [-0.25, -0.2) is 0 Å². The van der Waals surface area contributed by atoms with Crippen molar-refractivity contribution in [3.63, 3.8) is 0 Å². The lowest BCUT2D eigenvalue weighted by Crippen LogP contribution is -2.11. The fourth-order valence-corrected chi connectivity index (χ4v) is 6.22. The number of hydrogen-bond donors (Lipinski definition) is 0. The lowest BCUT2D eigenvalue weighted by atomic mass is 10.2. The quantitative estimate of drug-likeness (QED) is 0.550. The molecule has 0 radical (unpaired) electrons. The first-order chi connectivity index (χ1) is 4.88. The molecule has 1 heteroatoms. The first-order valence-corrected chi connectivity index (χ1v) is 7.18. The van der Waals surface area contributed by atoms with Crippen LogP contribution < -0.4 is 0 Å². The summed E-state index contributed by atoms with van der Waals surface area (Å²) >= 11 is 0.